The van der Waals surface area contributed by atoms with Gasteiger partial charge in [0.15, 0.2) is 0 Å². The van der Waals surface area contributed by atoms with Crippen LogP contribution in [0.2, 0.25) is 0 Å². The summed E-state index contributed by atoms with van der Waals surface area (Å²) in [5.74, 6) is -1.31. The van der Waals surface area contributed by atoms with Crippen molar-refractivity contribution in [1.29, 1.82) is 0 Å². The van der Waals surface area contributed by atoms with Gasteiger partial charge in [-0.15, -0.1) is 0 Å². The minimum atomic E-state index is -3.46. The van der Waals surface area contributed by atoms with Gasteiger partial charge in [0.2, 0.25) is 15.8 Å². The second-order valence-electron chi connectivity index (χ2n) is 4.31. The highest BCUT2D eigenvalue weighted by Crippen LogP contribution is 2.32. The minimum Gasteiger partial charge on any atom is -0.494 e. The van der Waals surface area contributed by atoms with E-state index in [1.165, 1.54) is 32.5 Å². The van der Waals surface area contributed by atoms with Crippen molar-refractivity contribution in [3.05, 3.63) is 24.2 Å². The van der Waals surface area contributed by atoms with E-state index in [0.29, 0.717) is 16.6 Å². The van der Waals surface area contributed by atoms with E-state index >= 15 is 0 Å². The Labute approximate surface area is 121 Å². The Bertz CT molecular complexity index is 819. The Morgan fingerprint density at radius 3 is 2.57 bits per heavy atom. The number of carbonyl (C=O) groups is 1. The first-order valence-electron chi connectivity index (χ1n) is 5.76. The van der Waals surface area contributed by atoms with Crippen molar-refractivity contribution >= 4 is 32.6 Å². The van der Waals surface area contributed by atoms with Crippen LogP contribution in [-0.4, -0.2) is 49.9 Å². The van der Waals surface area contributed by atoms with E-state index in [9.17, 15) is 13.2 Å². The topological polar surface area (TPSA) is 110 Å². The zero-order valence-corrected chi connectivity index (χ0v) is 12.4. The molecule has 0 bridgehead atoms. The average molecular weight is 311 g/mol. The molecule has 0 atom stereocenters. The summed E-state index contributed by atoms with van der Waals surface area (Å²) in [7, 11) is -0.677. The van der Waals surface area contributed by atoms with E-state index in [2.05, 4.69) is 9.97 Å². The number of benzene rings is 1. The second-order valence-corrected chi connectivity index (χ2v) is 6.33. The van der Waals surface area contributed by atoms with Gasteiger partial charge < -0.3 is 9.84 Å². The maximum Gasteiger partial charge on any atom is 0.373 e. The molecule has 0 aliphatic carbocycles. The van der Waals surface area contributed by atoms with E-state index in [1.807, 2.05) is 0 Å². The zero-order chi connectivity index (χ0) is 15.8. The lowest BCUT2D eigenvalue weighted by Crippen LogP contribution is -2.25. The molecule has 0 unspecified atom stereocenters. The number of aromatic carboxylic acids is 1. The van der Waals surface area contributed by atoms with Gasteiger partial charge in [-0.1, -0.05) is 0 Å². The smallest absolute Gasteiger partial charge is 0.373 e. The molecule has 2 rings (SSSR count). The van der Waals surface area contributed by atoms with Crippen LogP contribution in [0.5, 0.6) is 5.75 Å². The number of nitrogens with zero attached hydrogens (tertiary/aromatic N) is 3. The van der Waals surface area contributed by atoms with Gasteiger partial charge in [0.25, 0.3) is 0 Å². The van der Waals surface area contributed by atoms with Gasteiger partial charge in [0.05, 0.1) is 24.6 Å². The number of anilines is 1. The number of ether oxygens (including phenoxy) is 1. The molecule has 1 N–H and O–H groups in total. The molecule has 0 fully saturated rings. The Kier molecular flexibility index (Phi) is 3.69. The summed E-state index contributed by atoms with van der Waals surface area (Å²) in [5, 5.41) is 9.38. The van der Waals surface area contributed by atoms with Crippen LogP contribution in [0.1, 0.15) is 10.6 Å². The normalized spacial score (nSPS) is 11.4. The third-order valence-electron chi connectivity index (χ3n) is 2.91. The van der Waals surface area contributed by atoms with E-state index in [1.54, 1.807) is 0 Å². The highest BCUT2D eigenvalue weighted by Gasteiger charge is 2.18. The number of carboxylic acids is 1. The summed E-state index contributed by atoms with van der Waals surface area (Å²) in [6.07, 6.45) is 2.39. The van der Waals surface area contributed by atoms with Crippen LogP contribution in [0.25, 0.3) is 10.9 Å². The first-order valence-corrected chi connectivity index (χ1v) is 7.61. The molecule has 8 nitrogen and oxygen atoms in total. The lowest BCUT2D eigenvalue weighted by Gasteiger charge is -2.19. The van der Waals surface area contributed by atoms with Crippen molar-refractivity contribution in [2.24, 2.45) is 0 Å². The third-order valence-corrected chi connectivity index (χ3v) is 4.10. The monoisotopic (exact) mass is 311 g/mol. The van der Waals surface area contributed by atoms with Crippen molar-refractivity contribution in [2.75, 3.05) is 24.7 Å². The predicted molar refractivity (Wildman–Crippen MR) is 76.3 cm³/mol. The first kappa shape index (κ1) is 15.0. The van der Waals surface area contributed by atoms with Gasteiger partial charge in [-0.2, -0.15) is 0 Å². The molecular weight excluding hydrogens is 298 g/mol. The van der Waals surface area contributed by atoms with Gasteiger partial charge in [-0.05, 0) is 6.07 Å². The number of rotatable bonds is 4. The maximum absolute atomic E-state index is 11.6. The number of hydrogen-bond donors (Lipinski definition) is 1. The van der Waals surface area contributed by atoms with Crippen LogP contribution >= 0.6 is 0 Å². The fourth-order valence-corrected chi connectivity index (χ4v) is 2.24. The fraction of sp³-hybridized carbons (Fsp3) is 0.250. The number of aromatic nitrogens is 2. The number of sulfonamides is 1. The summed E-state index contributed by atoms with van der Waals surface area (Å²) >= 11 is 0. The van der Waals surface area contributed by atoms with Crippen LogP contribution < -0.4 is 9.04 Å². The summed E-state index contributed by atoms with van der Waals surface area (Å²) in [4.78, 5) is 18.5. The largest absolute Gasteiger partial charge is 0.494 e. The van der Waals surface area contributed by atoms with E-state index in [-0.39, 0.29) is 11.6 Å². The van der Waals surface area contributed by atoms with E-state index in [0.717, 1.165) is 10.6 Å². The quantitative estimate of drug-likeness (QED) is 0.886. The fourth-order valence-electron chi connectivity index (χ4n) is 1.74. The number of methoxy groups -OCH3 is 1. The highest BCUT2D eigenvalue weighted by atomic mass is 32.2. The third kappa shape index (κ3) is 2.87. The Morgan fingerprint density at radius 1 is 1.38 bits per heavy atom. The number of fused-ring (bicyclic) bond motifs is 1. The van der Waals surface area contributed by atoms with Gasteiger partial charge in [0.1, 0.15) is 5.75 Å². The molecule has 0 aliphatic heterocycles. The molecule has 0 spiro atoms. The van der Waals surface area contributed by atoms with Crippen LogP contribution in [0.3, 0.4) is 0 Å². The van der Waals surface area contributed by atoms with Crippen molar-refractivity contribution in [3.63, 3.8) is 0 Å². The van der Waals surface area contributed by atoms with Gasteiger partial charge >= 0.3 is 5.97 Å². The molecule has 9 heteroatoms. The zero-order valence-electron chi connectivity index (χ0n) is 11.6. The number of hydrogen-bond acceptors (Lipinski definition) is 6. The highest BCUT2D eigenvalue weighted by molar-refractivity contribution is 7.92. The lowest BCUT2D eigenvalue weighted by atomic mass is 10.2. The van der Waals surface area contributed by atoms with Gasteiger partial charge in [0, 0.05) is 24.7 Å². The summed E-state index contributed by atoms with van der Waals surface area (Å²) in [6.45, 7) is 0. The van der Waals surface area contributed by atoms with Crippen molar-refractivity contribution in [1.82, 2.24) is 9.97 Å². The van der Waals surface area contributed by atoms with Crippen LogP contribution in [0.4, 0.5) is 5.69 Å². The molecular formula is C12H13N3O5S. The molecule has 0 amide bonds. The minimum absolute atomic E-state index is 0.269. The SMILES string of the molecule is COc1cc2nc(C(=O)O)ncc2cc1N(C)S(C)(=O)=O. The molecule has 0 radical (unpaired) electrons. The van der Waals surface area contributed by atoms with E-state index in [4.69, 9.17) is 9.84 Å². The molecule has 0 saturated carbocycles. The van der Waals surface area contributed by atoms with Crippen LogP contribution in [0, 0.1) is 0 Å². The predicted octanol–water partition coefficient (Wildman–Crippen LogP) is 0.732. The standard InChI is InChI=1S/C12H13N3O5S/c1-15(21(3,18)19)9-4-7-6-13-11(12(16)17)14-8(7)5-10(9)20-2/h4-6H,1-3H3,(H,16,17). The molecule has 112 valence electrons. The first-order chi connectivity index (χ1) is 9.74. The second kappa shape index (κ2) is 5.17. The Balaban J connectivity index is 2.69. The Morgan fingerprint density at radius 2 is 2.05 bits per heavy atom. The van der Waals surface area contributed by atoms with Crippen molar-refractivity contribution in [3.8, 4) is 5.75 Å². The van der Waals surface area contributed by atoms with Crippen LogP contribution in [0.15, 0.2) is 18.3 Å². The molecule has 1 aromatic carbocycles. The molecule has 0 saturated heterocycles. The molecule has 1 aromatic heterocycles. The van der Waals surface area contributed by atoms with Crippen LogP contribution in [-0.2, 0) is 10.0 Å². The van der Waals surface area contributed by atoms with Crippen molar-refractivity contribution in [2.45, 2.75) is 0 Å². The van der Waals surface area contributed by atoms with Gasteiger partial charge in [-0.3, -0.25) is 4.31 Å². The Hall–Kier alpha value is -2.42. The number of carboxylic acid groups (broad SMARTS) is 1. The summed E-state index contributed by atoms with van der Waals surface area (Å²) in [5.41, 5.74) is 0.670. The molecule has 0 aliphatic rings. The molecule has 1 heterocycles. The van der Waals surface area contributed by atoms with E-state index < -0.39 is 16.0 Å². The molecule has 21 heavy (non-hydrogen) atoms. The van der Waals surface area contributed by atoms with Crippen molar-refractivity contribution < 1.29 is 23.1 Å². The summed E-state index contributed by atoms with van der Waals surface area (Å²) < 4.78 is 29.5. The lowest BCUT2D eigenvalue weighted by molar-refractivity contribution is 0.0684. The van der Waals surface area contributed by atoms with Gasteiger partial charge in [-0.25, -0.2) is 23.2 Å². The average Bonchev–Trinajstić information content (AvgIpc) is 2.43. The summed E-state index contributed by atoms with van der Waals surface area (Å²) in [6, 6.07) is 3.00. The molecule has 2 aromatic rings. The maximum atomic E-state index is 11.6.